The molecule has 0 amide bonds. The molecule has 0 radical (unpaired) electrons. The van der Waals surface area contributed by atoms with E-state index in [0.29, 0.717) is 18.1 Å². The Labute approximate surface area is 230 Å². The lowest BCUT2D eigenvalue weighted by Gasteiger charge is -2.08. The summed E-state index contributed by atoms with van der Waals surface area (Å²) in [7, 11) is 0. The van der Waals surface area contributed by atoms with Crippen LogP contribution in [0.15, 0.2) is 66.2 Å². The molecule has 0 saturated heterocycles. The molecule has 0 unspecified atom stereocenters. The number of benzene rings is 2. The van der Waals surface area contributed by atoms with Crippen molar-refractivity contribution in [2.75, 3.05) is 0 Å². The number of nitrogens with zero attached hydrogens (tertiary/aromatic N) is 10. The minimum absolute atomic E-state index is 0.660. The van der Waals surface area contributed by atoms with Crippen LogP contribution in [-0.2, 0) is 13.1 Å². The maximum atomic E-state index is 6.11. The lowest BCUT2D eigenvalue weighted by Crippen LogP contribution is -2.05. The van der Waals surface area contributed by atoms with Crippen LogP contribution in [0.3, 0.4) is 0 Å². The van der Waals surface area contributed by atoms with Gasteiger partial charge in [0.05, 0.1) is 59.9 Å². The minimum atomic E-state index is 0.660. The largest absolute Gasteiger partial charge is 0.300 e. The van der Waals surface area contributed by atoms with Gasteiger partial charge in [0.15, 0.2) is 11.6 Å². The molecule has 0 atom stereocenters. The standard InChI is InChI=1S/C13H10BrN5.C13H10ClN5/c2*1-8-12-5-19-13(15-6-17-19)10-4-9(14)2-3-11(10)18(12)7-16-8/h2*2-4,6-7H,5H2,1H3. The van der Waals surface area contributed by atoms with E-state index in [1.807, 2.05) is 60.1 Å². The Hall–Kier alpha value is -4.09. The molecule has 38 heavy (non-hydrogen) atoms. The van der Waals surface area contributed by atoms with Gasteiger partial charge in [-0.25, -0.2) is 29.3 Å². The summed E-state index contributed by atoms with van der Waals surface area (Å²) in [5.74, 6) is 1.72. The molecule has 188 valence electrons. The lowest BCUT2D eigenvalue weighted by molar-refractivity contribution is 0.674. The molecule has 0 bridgehead atoms. The van der Waals surface area contributed by atoms with Gasteiger partial charge >= 0.3 is 0 Å². The Bertz CT molecular complexity index is 1710. The topological polar surface area (TPSA) is 97.1 Å². The van der Waals surface area contributed by atoms with E-state index in [4.69, 9.17) is 11.6 Å². The molecule has 2 aromatic carbocycles. The molecule has 2 aliphatic heterocycles. The van der Waals surface area contributed by atoms with Gasteiger partial charge in [0.1, 0.15) is 12.7 Å². The van der Waals surface area contributed by atoms with Crippen molar-refractivity contribution in [1.82, 2.24) is 48.6 Å². The van der Waals surface area contributed by atoms with Crippen molar-refractivity contribution in [1.29, 1.82) is 0 Å². The first kappa shape index (κ1) is 23.1. The molecule has 10 nitrogen and oxygen atoms in total. The highest BCUT2D eigenvalue weighted by molar-refractivity contribution is 9.10. The Balaban J connectivity index is 0.000000127. The summed E-state index contributed by atoms with van der Waals surface area (Å²) in [5, 5.41) is 9.29. The maximum Gasteiger partial charge on any atom is 0.160 e. The molecule has 2 aliphatic rings. The molecule has 6 heterocycles. The lowest BCUT2D eigenvalue weighted by atomic mass is 10.1. The molecule has 12 heteroatoms. The second-order valence-corrected chi connectivity index (χ2v) is 10.5. The fourth-order valence-corrected chi connectivity index (χ4v) is 5.51. The molecule has 8 rings (SSSR count). The van der Waals surface area contributed by atoms with E-state index in [2.05, 4.69) is 67.3 Å². The number of fused-ring (bicyclic) bond motifs is 10. The SMILES string of the molecule is Cc1ncn2c1Cn1ncnc1-c1cc(Br)ccc1-2.Cc1ncn2c1Cn1ncnc1-c1cc(Cl)ccc1-2. The summed E-state index contributed by atoms with van der Waals surface area (Å²) in [6.07, 6.45) is 6.87. The summed E-state index contributed by atoms with van der Waals surface area (Å²) in [6, 6.07) is 12.0. The van der Waals surface area contributed by atoms with E-state index in [0.717, 1.165) is 61.4 Å². The number of imidazole rings is 2. The van der Waals surface area contributed by atoms with E-state index in [1.54, 1.807) is 12.7 Å². The van der Waals surface area contributed by atoms with Gasteiger partial charge in [0.25, 0.3) is 0 Å². The number of hydrogen-bond donors (Lipinski definition) is 0. The molecule has 0 saturated carbocycles. The van der Waals surface area contributed by atoms with E-state index in [-0.39, 0.29) is 0 Å². The van der Waals surface area contributed by atoms with Crippen LogP contribution < -0.4 is 0 Å². The molecule has 0 N–H and O–H groups in total. The highest BCUT2D eigenvalue weighted by atomic mass is 79.9. The number of halogens is 2. The maximum absolute atomic E-state index is 6.11. The first-order chi connectivity index (χ1) is 18.5. The van der Waals surface area contributed by atoms with Gasteiger partial charge in [0, 0.05) is 20.6 Å². The van der Waals surface area contributed by atoms with E-state index in [9.17, 15) is 0 Å². The Kier molecular flexibility index (Phi) is 5.31. The third-order valence-corrected chi connectivity index (χ3v) is 7.63. The van der Waals surface area contributed by atoms with Crippen LogP contribution in [0.1, 0.15) is 22.8 Å². The molecule has 4 aromatic heterocycles. The van der Waals surface area contributed by atoms with Gasteiger partial charge in [-0.1, -0.05) is 27.5 Å². The van der Waals surface area contributed by atoms with Gasteiger partial charge in [-0.05, 0) is 50.2 Å². The summed E-state index contributed by atoms with van der Waals surface area (Å²) in [4.78, 5) is 17.5. The smallest absolute Gasteiger partial charge is 0.160 e. The van der Waals surface area contributed by atoms with Crippen LogP contribution in [0, 0.1) is 13.8 Å². The van der Waals surface area contributed by atoms with E-state index >= 15 is 0 Å². The van der Waals surface area contributed by atoms with E-state index < -0.39 is 0 Å². The van der Waals surface area contributed by atoms with Crippen LogP contribution in [-0.4, -0.2) is 48.6 Å². The molecular formula is C26H20BrClN10. The third kappa shape index (κ3) is 3.61. The van der Waals surface area contributed by atoms with Crippen LogP contribution in [0.25, 0.3) is 34.2 Å². The summed E-state index contributed by atoms with van der Waals surface area (Å²) in [6.45, 7) is 5.37. The quantitative estimate of drug-likeness (QED) is 0.247. The van der Waals surface area contributed by atoms with Crippen molar-refractivity contribution < 1.29 is 0 Å². The van der Waals surface area contributed by atoms with Crippen molar-refractivity contribution in [3.05, 3.63) is 94.0 Å². The number of aryl methyl sites for hydroxylation is 2. The highest BCUT2D eigenvalue weighted by Crippen LogP contribution is 2.34. The second-order valence-electron chi connectivity index (χ2n) is 9.10. The van der Waals surface area contributed by atoms with Gasteiger partial charge in [-0.2, -0.15) is 10.2 Å². The van der Waals surface area contributed by atoms with Crippen molar-refractivity contribution in [3.63, 3.8) is 0 Å². The van der Waals surface area contributed by atoms with Crippen molar-refractivity contribution in [3.8, 4) is 34.2 Å². The van der Waals surface area contributed by atoms with Crippen LogP contribution in [0.4, 0.5) is 0 Å². The minimum Gasteiger partial charge on any atom is -0.300 e. The zero-order valence-corrected chi connectivity index (χ0v) is 22.8. The van der Waals surface area contributed by atoms with Crippen molar-refractivity contribution in [2.24, 2.45) is 0 Å². The zero-order chi connectivity index (χ0) is 26.0. The first-order valence-electron chi connectivity index (χ1n) is 11.9. The fourth-order valence-electron chi connectivity index (χ4n) is 4.98. The summed E-state index contributed by atoms with van der Waals surface area (Å²) < 4.78 is 9.02. The predicted molar refractivity (Wildman–Crippen MR) is 146 cm³/mol. The first-order valence-corrected chi connectivity index (χ1v) is 13.1. The Morgan fingerprint density at radius 3 is 1.82 bits per heavy atom. The van der Waals surface area contributed by atoms with Gasteiger partial charge in [0.2, 0.25) is 0 Å². The second kappa shape index (κ2) is 8.74. The summed E-state index contributed by atoms with van der Waals surface area (Å²) >= 11 is 9.63. The number of rotatable bonds is 0. The number of aromatic nitrogens is 10. The Morgan fingerprint density at radius 1 is 0.711 bits per heavy atom. The van der Waals surface area contributed by atoms with Gasteiger partial charge in [-0.3, -0.25) is 0 Å². The fraction of sp³-hybridized carbons (Fsp3) is 0.154. The molecule has 0 spiro atoms. The molecule has 0 fully saturated rings. The van der Waals surface area contributed by atoms with Gasteiger partial charge < -0.3 is 9.13 Å². The average molecular weight is 588 g/mol. The average Bonchev–Trinajstić information content (AvgIpc) is 3.68. The van der Waals surface area contributed by atoms with Crippen molar-refractivity contribution >= 4 is 27.5 Å². The number of hydrogen-bond acceptors (Lipinski definition) is 6. The van der Waals surface area contributed by atoms with Crippen LogP contribution in [0.2, 0.25) is 5.02 Å². The predicted octanol–water partition coefficient (Wildman–Crippen LogP) is 5.02. The van der Waals surface area contributed by atoms with Gasteiger partial charge in [-0.15, -0.1) is 0 Å². The van der Waals surface area contributed by atoms with Crippen LogP contribution in [0.5, 0.6) is 0 Å². The van der Waals surface area contributed by atoms with Crippen molar-refractivity contribution in [2.45, 2.75) is 26.9 Å². The zero-order valence-electron chi connectivity index (χ0n) is 20.4. The highest BCUT2D eigenvalue weighted by Gasteiger charge is 2.23. The molecule has 6 aromatic rings. The third-order valence-electron chi connectivity index (χ3n) is 6.90. The monoisotopic (exact) mass is 586 g/mol. The van der Waals surface area contributed by atoms with E-state index in [1.165, 1.54) is 0 Å². The molecular weight excluding hydrogens is 568 g/mol. The Morgan fingerprint density at radius 2 is 1.24 bits per heavy atom. The summed E-state index contributed by atoms with van der Waals surface area (Å²) in [5.41, 5.74) is 8.45. The van der Waals surface area contributed by atoms with Crippen LogP contribution >= 0.6 is 27.5 Å². The molecule has 0 aliphatic carbocycles. The normalized spacial score (nSPS) is 12.5.